The van der Waals surface area contributed by atoms with Gasteiger partial charge in [0.05, 0.1) is 25.6 Å². The van der Waals surface area contributed by atoms with Crippen LogP contribution in [0.2, 0.25) is 0 Å². The zero-order valence-electron chi connectivity index (χ0n) is 19.0. The molecule has 0 bridgehead atoms. The fourth-order valence-corrected chi connectivity index (χ4v) is 3.69. The Labute approximate surface area is 194 Å². The van der Waals surface area contributed by atoms with Crippen molar-refractivity contribution >= 4 is 11.9 Å². The van der Waals surface area contributed by atoms with Crippen molar-refractivity contribution in [2.45, 2.75) is 38.2 Å². The predicted octanol–water partition coefficient (Wildman–Crippen LogP) is 3.04. The first-order chi connectivity index (χ1) is 16.1. The van der Waals surface area contributed by atoms with Gasteiger partial charge in [0, 0.05) is 5.92 Å². The minimum absolute atomic E-state index is 0.101. The molecule has 0 aliphatic carbocycles. The molecule has 0 spiro atoms. The van der Waals surface area contributed by atoms with Crippen LogP contribution in [0.1, 0.15) is 18.1 Å². The average molecular weight is 454 g/mol. The maximum Gasteiger partial charge on any atom is 0.334 e. The van der Waals surface area contributed by atoms with Crippen molar-refractivity contribution in [3.63, 3.8) is 0 Å². The first-order valence-corrected chi connectivity index (χ1v) is 11.1. The van der Waals surface area contributed by atoms with Gasteiger partial charge in [-0.2, -0.15) is 0 Å². The third-order valence-electron chi connectivity index (χ3n) is 5.48. The molecule has 0 saturated carbocycles. The number of carbonyl (C=O) groups is 2. The van der Waals surface area contributed by atoms with Crippen molar-refractivity contribution in [3.05, 3.63) is 84.1 Å². The Morgan fingerprint density at radius 1 is 1.06 bits per heavy atom. The summed E-state index contributed by atoms with van der Waals surface area (Å²) in [5, 5.41) is 2.92. The molecule has 2 aromatic rings. The highest BCUT2D eigenvalue weighted by molar-refractivity contribution is 5.81. The number of hydrogen-bond acceptors (Lipinski definition) is 7. The highest BCUT2D eigenvalue weighted by Crippen LogP contribution is 2.23. The van der Waals surface area contributed by atoms with E-state index < -0.39 is 30.2 Å². The lowest BCUT2D eigenvalue weighted by molar-refractivity contribution is -0.157. The van der Waals surface area contributed by atoms with Crippen LogP contribution in [0.5, 0.6) is 0 Å². The lowest BCUT2D eigenvalue weighted by atomic mass is 9.91. The van der Waals surface area contributed by atoms with Crippen LogP contribution in [0.3, 0.4) is 0 Å². The van der Waals surface area contributed by atoms with Crippen molar-refractivity contribution < 1.29 is 28.5 Å². The van der Waals surface area contributed by atoms with Gasteiger partial charge in [-0.15, -0.1) is 0 Å². The van der Waals surface area contributed by atoms with Crippen LogP contribution in [-0.2, 0) is 41.6 Å². The molecule has 0 radical (unpaired) electrons. The highest BCUT2D eigenvalue weighted by Gasteiger charge is 2.34. The molecule has 0 aromatic heterocycles. The Hall–Kier alpha value is -3.16. The van der Waals surface area contributed by atoms with E-state index in [0.717, 1.165) is 11.1 Å². The number of ether oxygens (including phenoxy) is 4. The van der Waals surface area contributed by atoms with E-state index in [4.69, 9.17) is 18.9 Å². The third-order valence-corrected chi connectivity index (χ3v) is 5.48. The molecule has 33 heavy (non-hydrogen) atoms. The Kier molecular flexibility index (Phi) is 9.47. The van der Waals surface area contributed by atoms with E-state index in [9.17, 15) is 9.59 Å². The quantitative estimate of drug-likeness (QED) is 0.374. The van der Waals surface area contributed by atoms with Crippen molar-refractivity contribution in [3.8, 4) is 0 Å². The molecular weight excluding hydrogens is 422 g/mol. The summed E-state index contributed by atoms with van der Waals surface area (Å²) >= 11 is 0. The minimum atomic E-state index is -0.549. The highest BCUT2D eigenvalue weighted by atomic mass is 16.6. The summed E-state index contributed by atoms with van der Waals surface area (Å²) in [6.07, 6.45) is 2.16. The molecule has 1 saturated heterocycles. The van der Waals surface area contributed by atoms with E-state index >= 15 is 0 Å². The van der Waals surface area contributed by atoms with E-state index in [1.54, 1.807) is 14.0 Å². The van der Waals surface area contributed by atoms with Crippen molar-refractivity contribution in [2.75, 3.05) is 20.3 Å². The topological polar surface area (TPSA) is 83.1 Å². The number of cyclic esters (lactones) is 1. The predicted molar refractivity (Wildman–Crippen MR) is 123 cm³/mol. The van der Waals surface area contributed by atoms with E-state index in [-0.39, 0.29) is 19.1 Å². The summed E-state index contributed by atoms with van der Waals surface area (Å²) in [6, 6.07) is 18.9. The van der Waals surface area contributed by atoms with Crippen molar-refractivity contribution in [1.29, 1.82) is 0 Å². The normalized spacial score (nSPS) is 23.8. The molecule has 3 rings (SSSR count). The number of nitrogens with one attached hydrogen (secondary N) is 1. The Balaban J connectivity index is 1.67. The lowest BCUT2D eigenvalue weighted by Crippen LogP contribution is -2.42. The summed E-state index contributed by atoms with van der Waals surface area (Å²) in [7, 11) is 1.69. The van der Waals surface area contributed by atoms with Gasteiger partial charge in [-0.05, 0) is 31.5 Å². The number of hydrogen-bond donors (Lipinski definition) is 1. The lowest BCUT2D eigenvalue weighted by Gasteiger charge is -2.30. The van der Waals surface area contributed by atoms with Crippen LogP contribution < -0.4 is 5.32 Å². The fourth-order valence-electron chi connectivity index (χ4n) is 3.69. The summed E-state index contributed by atoms with van der Waals surface area (Å²) in [5.41, 5.74) is 2.02. The first kappa shape index (κ1) is 24.5. The molecule has 7 heteroatoms. The molecule has 2 aromatic carbocycles. The maximum absolute atomic E-state index is 12.5. The number of carbonyl (C=O) groups excluding carboxylic acids is 2. The number of rotatable bonds is 8. The van der Waals surface area contributed by atoms with E-state index in [1.165, 1.54) is 12.3 Å². The van der Waals surface area contributed by atoms with Crippen LogP contribution in [-0.4, -0.2) is 50.4 Å². The molecule has 1 heterocycles. The fraction of sp³-hybridized carbons (Fsp3) is 0.385. The Morgan fingerprint density at radius 3 is 2.39 bits per heavy atom. The summed E-state index contributed by atoms with van der Waals surface area (Å²) in [5.74, 6) is -1.02. The molecule has 1 N–H and O–H groups in total. The van der Waals surface area contributed by atoms with Gasteiger partial charge in [0.2, 0.25) is 0 Å². The maximum atomic E-state index is 12.5. The number of esters is 2. The van der Waals surface area contributed by atoms with Crippen molar-refractivity contribution in [1.82, 2.24) is 5.32 Å². The molecule has 4 atom stereocenters. The standard InChI is InChI=1S/C26H31NO6/c1-19-25(31-14-13-24(28)32-16-21-11-7-4-8-12-21)22(15-20-9-5-3-6-10-20)17-30-18-23(27-2)26(29)33-19/h3-14,19,22-23,25,27H,15-18H2,1-2H3/b14-13+/t19-,22-,23-,25-/m0/s1. The van der Waals surface area contributed by atoms with Gasteiger partial charge >= 0.3 is 11.9 Å². The van der Waals surface area contributed by atoms with Gasteiger partial charge in [0.15, 0.2) is 0 Å². The SMILES string of the molecule is CN[C@H]1COC[C@H](Cc2ccccc2)[C@@H](O/C=C/C(=O)OCc2ccccc2)[C@H](C)OC1=O. The van der Waals surface area contributed by atoms with Crippen LogP contribution in [0, 0.1) is 5.92 Å². The van der Waals surface area contributed by atoms with Gasteiger partial charge in [0.25, 0.3) is 0 Å². The minimum Gasteiger partial charge on any atom is -0.494 e. The van der Waals surface area contributed by atoms with Crippen molar-refractivity contribution in [2.24, 2.45) is 5.92 Å². The van der Waals surface area contributed by atoms with E-state index in [0.29, 0.717) is 13.0 Å². The summed E-state index contributed by atoms with van der Waals surface area (Å²) in [4.78, 5) is 24.6. The second kappa shape index (κ2) is 12.8. The monoisotopic (exact) mass is 453 g/mol. The average Bonchev–Trinajstić information content (AvgIpc) is 2.88. The molecule has 1 fully saturated rings. The zero-order valence-corrected chi connectivity index (χ0v) is 19.0. The largest absolute Gasteiger partial charge is 0.494 e. The molecule has 1 aliphatic rings. The molecule has 0 amide bonds. The van der Waals surface area contributed by atoms with Crippen LogP contribution in [0.25, 0.3) is 0 Å². The number of benzene rings is 2. The smallest absolute Gasteiger partial charge is 0.334 e. The molecular formula is C26H31NO6. The molecule has 0 unspecified atom stereocenters. The van der Waals surface area contributed by atoms with E-state index in [2.05, 4.69) is 5.32 Å². The summed E-state index contributed by atoms with van der Waals surface area (Å²) in [6.45, 7) is 2.56. The summed E-state index contributed by atoms with van der Waals surface area (Å²) < 4.78 is 22.7. The molecule has 176 valence electrons. The van der Waals surface area contributed by atoms with Gasteiger partial charge in [0.1, 0.15) is 24.9 Å². The number of likely N-dealkylation sites (N-methyl/N-ethyl adjacent to an activating group) is 1. The van der Waals surface area contributed by atoms with Crippen LogP contribution in [0.15, 0.2) is 73.0 Å². The molecule has 1 aliphatic heterocycles. The van der Waals surface area contributed by atoms with E-state index in [1.807, 2.05) is 60.7 Å². The Bertz CT molecular complexity index is 902. The van der Waals surface area contributed by atoms with Crippen LogP contribution in [0.4, 0.5) is 0 Å². The van der Waals surface area contributed by atoms with Gasteiger partial charge in [-0.1, -0.05) is 60.7 Å². The van der Waals surface area contributed by atoms with Gasteiger partial charge in [-0.25, -0.2) is 4.79 Å². The molecule has 7 nitrogen and oxygen atoms in total. The second-order valence-corrected chi connectivity index (χ2v) is 7.97. The Morgan fingerprint density at radius 2 is 1.73 bits per heavy atom. The van der Waals surface area contributed by atoms with Crippen LogP contribution >= 0.6 is 0 Å². The second-order valence-electron chi connectivity index (χ2n) is 7.97. The first-order valence-electron chi connectivity index (χ1n) is 11.1. The zero-order chi connectivity index (χ0) is 23.5. The van der Waals surface area contributed by atoms with Gasteiger partial charge < -0.3 is 24.3 Å². The van der Waals surface area contributed by atoms with Gasteiger partial charge in [-0.3, -0.25) is 4.79 Å². The third kappa shape index (κ3) is 7.73.